The molecule has 2 fully saturated rings. The van der Waals surface area contributed by atoms with Crippen molar-refractivity contribution in [2.75, 3.05) is 46.9 Å². The lowest BCUT2D eigenvalue weighted by Crippen LogP contribution is -2.59. The zero-order valence-corrected chi connectivity index (χ0v) is 17.7. The molecule has 2 saturated heterocycles. The Hall–Kier alpha value is -1.93. The number of aromatic nitrogens is 2. The van der Waals surface area contributed by atoms with Crippen LogP contribution in [-0.4, -0.2) is 89.5 Å². The zero-order valence-electron chi connectivity index (χ0n) is 17.7. The fourth-order valence-electron chi connectivity index (χ4n) is 5.41. The number of nitrogens with zero attached hydrogens (tertiary/aromatic N) is 4. The van der Waals surface area contributed by atoms with Gasteiger partial charge in [0.1, 0.15) is 6.61 Å². The fraction of sp³-hybridized carbons (Fsp3) is 0.762. The van der Waals surface area contributed by atoms with Gasteiger partial charge in [-0.05, 0) is 39.3 Å². The van der Waals surface area contributed by atoms with Gasteiger partial charge in [0.15, 0.2) is 0 Å². The number of ether oxygens (including phenoxy) is 1. The second kappa shape index (κ2) is 8.44. The molecule has 0 aliphatic carbocycles. The molecule has 8 heteroatoms. The molecule has 0 radical (unpaired) electrons. The molecule has 1 aromatic rings. The van der Waals surface area contributed by atoms with E-state index >= 15 is 0 Å². The number of carbonyl (C=O) groups excluding carboxylic acids is 2. The number of methoxy groups -OCH3 is 1. The van der Waals surface area contributed by atoms with E-state index < -0.39 is 5.54 Å². The molecule has 1 atom stereocenters. The number of imidazole rings is 1. The lowest BCUT2D eigenvalue weighted by molar-refractivity contribution is -0.148. The van der Waals surface area contributed by atoms with Gasteiger partial charge in [-0.1, -0.05) is 6.42 Å². The normalized spacial score (nSPS) is 24.6. The largest absolute Gasteiger partial charge is 0.375 e. The van der Waals surface area contributed by atoms with Gasteiger partial charge in [-0.25, -0.2) is 4.98 Å². The van der Waals surface area contributed by atoms with Crippen LogP contribution in [0.1, 0.15) is 49.9 Å². The minimum atomic E-state index is -0.429. The van der Waals surface area contributed by atoms with Crippen LogP contribution >= 0.6 is 0 Å². The molecular formula is C21H33N5O3. The third-order valence-corrected chi connectivity index (χ3v) is 7.11. The molecule has 1 spiro atoms. The second-order valence-corrected chi connectivity index (χ2v) is 8.70. The maximum absolute atomic E-state index is 13.0. The first kappa shape index (κ1) is 20.3. The second-order valence-electron chi connectivity index (χ2n) is 8.70. The van der Waals surface area contributed by atoms with Crippen LogP contribution in [-0.2, 0) is 26.3 Å². The number of hydrogen-bond acceptors (Lipinski definition) is 5. The zero-order chi connectivity index (χ0) is 20.4. The Kier molecular flexibility index (Phi) is 5.92. The van der Waals surface area contributed by atoms with Crippen molar-refractivity contribution in [3.8, 4) is 0 Å². The minimum Gasteiger partial charge on any atom is -0.375 e. The number of nitrogens with one attached hydrogen (secondary N) is 1. The van der Waals surface area contributed by atoms with Crippen molar-refractivity contribution in [1.29, 1.82) is 0 Å². The van der Waals surface area contributed by atoms with E-state index in [2.05, 4.69) is 21.9 Å². The van der Waals surface area contributed by atoms with E-state index in [1.807, 2.05) is 9.80 Å². The summed E-state index contributed by atoms with van der Waals surface area (Å²) in [6, 6.07) is 0.361. The van der Waals surface area contributed by atoms with Gasteiger partial charge in [-0.3, -0.25) is 9.59 Å². The SMILES string of the molecule is COCC(=O)N1CCc2[nH]cnc2C12CCN(C(=O)CC1CCCCN1C)CC2. The predicted octanol–water partition coefficient (Wildman–Crippen LogP) is 1.13. The lowest BCUT2D eigenvalue weighted by atomic mass is 9.78. The Balaban J connectivity index is 1.47. The van der Waals surface area contributed by atoms with Crippen molar-refractivity contribution in [2.24, 2.45) is 0 Å². The molecule has 0 saturated carbocycles. The molecule has 4 rings (SSSR count). The van der Waals surface area contributed by atoms with Crippen LogP contribution in [0.15, 0.2) is 6.33 Å². The van der Waals surface area contributed by atoms with Gasteiger partial charge in [0.25, 0.3) is 0 Å². The number of aromatic amines is 1. The Labute approximate surface area is 172 Å². The van der Waals surface area contributed by atoms with Gasteiger partial charge in [0, 0.05) is 51.3 Å². The third kappa shape index (κ3) is 3.80. The smallest absolute Gasteiger partial charge is 0.249 e. The molecular weight excluding hydrogens is 370 g/mol. The van der Waals surface area contributed by atoms with Crippen LogP contribution in [0, 0.1) is 0 Å². The van der Waals surface area contributed by atoms with Crippen molar-refractivity contribution in [3.05, 3.63) is 17.7 Å². The van der Waals surface area contributed by atoms with Gasteiger partial charge in [-0.2, -0.15) is 0 Å². The van der Waals surface area contributed by atoms with Crippen LogP contribution in [0.3, 0.4) is 0 Å². The van der Waals surface area contributed by atoms with E-state index in [-0.39, 0.29) is 18.4 Å². The van der Waals surface area contributed by atoms with Gasteiger partial charge < -0.3 is 24.4 Å². The molecule has 3 aliphatic rings. The molecule has 160 valence electrons. The summed E-state index contributed by atoms with van der Waals surface area (Å²) in [5, 5.41) is 0. The Morgan fingerprint density at radius 1 is 1.21 bits per heavy atom. The molecule has 3 aliphatic heterocycles. The van der Waals surface area contributed by atoms with Crippen LogP contribution in [0.5, 0.6) is 0 Å². The third-order valence-electron chi connectivity index (χ3n) is 7.11. The van der Waals surface area contributed by atoms with Crippen molar-refractivity contribution in [2.45, 2.75) is 56.5 Å². The highest BCUT2D eigenvalue weighted by Crippen LogP contribution is 2.42. The predicted molar refractivity (Wildman–Crippen MR) is 108 cm³/mol. The summed E-state index contributed by atoms with van der Waals surface area (Å²) in [6.07, 6.45) is 8.11. The maximum Gasteiger partial charge on any atom is 0.249 e. The van der Waals surface area contributed by atoms with Crippen LogP contribution in [0.2, 0.25) is 0 Å². The van der Waals surface area contributed by atoms with E-state index in [0.717, 1.165) is 43.6 Å². The number of hydrogen-bond donors (Lipinski definition) is 1. The number of fused-ring (bicyclic) bond motifs is 2. The number of amides is 2. The Morgan fingerprint density at radius 2 is 2.00 bits per heavy atom. The summed E-state index contributed by atoms with van der Waals surface area (Å²) in [5.74, 6) is 0.246. The Morgan fingerprint density at radius 3 is 2.72 bits per heavy atom. The summed E-state index contributed by atoms with van der Waals surface area (Å²) >= 11 is 0. The molecule has 1 aromatic heterocycles. The number of piperidine rings is 2. The molecule has 0 bridgehead atoms. The van der Waals surface area contributed by atoms with Crippen molar-refractivity contribution in [3.63, 3.8) is 0 Å². The molecule has 4 heterocycles. The summed E-state index contributed by atoms with van der Waals surface area (Å²) in [7, 11) is 3.68. The van der Waals surface area contributed by atoms with E-state index in [1.165, 1.54) is 12.8 Å². The first-order valence-corrected chi connectivity index (χ1v) is 10.9. The van der Waals surface area contributed by atoms with Gasteiger partial charge in [-0.15, -0.1) is 0 Å². The number of rotatable bonds is 4. The first-order valence-electron chi connectivity index (χ1n) is 10.9. The highest BCUT2D eigenvalue weighted by atomic mass is 16.5. The van der Waals surface area contributed by atoms with E-state index in [0.29, 0.717) is 32.1 Å². The molecule has 1 unspecified atom stereocenters. The monoisotopic (exact) mass is 403 g/mol. The molecule has 8 nitrogen and oxygen atoms in total. The fourth-order valence-corrected chi connectivity index (χ4v) is 5.41. The summed E-state index contributed by atoms with van der Waals surface area (Å²) in [6.45, 7) is 3.16. The lowest BCUT2D eigenvalue weighted by Gasteiger charge is -2.50. The molecule has 29 heavy (non-hydrogen) atoms. The van der Waals surface area contributed by atoms with E-state index in [1.54, 1.807) is 13.4 Å². The van der Waals surface area contributed by atoms with Crippen LogP contribution < -0.4 is 0 Å². The van der Waals surface area contributed by atoms with Crippen LogP contribution in [0.4, 0.5) is 0 Å². The number of H-pyrrole nitrogens is 1. The summed E-state index contributed by atoms with van der Waals surface area (Å²) < 4.78 is 5.13. The van der Waals surface area contributed by atoms with E-state index in [4.69, 9.17) is 4.74 Å². The van der Waals surface area contributed by atoms with Crippen molar-refractivity contribution >= 4 is 11.8 Å². The Bertz CT molecular complexity index is 740. The number of carbonyl (C=O) groups is 2. The summed E-state index contributed by atoms with van der Waals surface area (Å²) in [4.78, 5) is 39.9. The van der Waals surface area contributed by atoms with Crippen LogP contribution in [0.25, 0.3) is 0 Å². The number of likely N-dealkylation sites (tertiary alicyclic amines) is 2. The highest BCUT2D eigenvalue weighted by molar-refractivity contribution is 5.79. The minimum absolute atomic E-state index is 0.00440. The van der Waals surface area contributed by atoms with Gasteiger partial charge >= 0.3 is 0 Å². The summed E-state index contributed by atoms with van der Waals surface area (Å²) in [5.41, 5.74) is 1.67. The average Bonchev–Trinajstić information content (AvgIpc) is 3.21. The molecule has 2 amide bonds. The van der Waals surface area contributed by atoms with Gasteiger partial charge in [0.05, 0.1) is 17.6 Å². The van der Waals surface area contributed by atoms with E-state index in [9.17, 15) is 9.59 Å². The quantitative estimate of drug-likeness (QED) is 0.815. The maximum atomic E-state index is 13.0. The average molecular weight is 404 g/mol. The van der Waals surface area contributed by atoms with Crippen molar-refractivity contribution < 1.29 is 14.3 Å². The molecule has 0 aromatic carbocycles. The van der Waals surface area contributed by atoms with Gasteiger partial charge in [0.2, 0.25) is 11.8 Å². The first-order chi connectivity index (χ1) is 14.0. The topological polar surface area (TPSA) is 81.8 Å². The molecule has 1 N–H and O–H groups in total. The van der Waals surface area contributed by atoms with Crippen molar-refractivity contribution in [1.82, 2.24) is 24.7 Å². The highest BCUT2D eigenvalue weighted by Gasteiger charge is 2.49. The standard InChI is InChI=1S/C21H33N5O3/c1-24-9-4-3-5-16(24)13-18(27)25-11-7-21(8-12-25)20-17(22-15-23-20)6-10-26(21)19(28)14-29-2/h15-16H,3-14H2,1-2H3,(H,22,23).